The molecule has 2 amide bonds. The van der Waals surface area contributed by atoms with Crippen molar-refractivity contribution in [2.24, 2.45) is 21.7 Å². The Morgan fingerprint density at radius 3 is 2.56 bits per heavy atom. The van der Waals surface area contributed by atoms with Crippen LogP contribution < -0.4 is 11.1 Å². The Morgan fingerprint density at radius 2 is 1.95 bits per heavy atom. The van der Waals surface area contributed by atoms with Crippen LogP contribution >= 0.6 is 11.8 Å². The lowest BCUT2D eigenvalue weighted by Gasteiger charge is -2.38. The summed E-state index contributed by atoms with van der Waals surface area (Å²) in [7, 11) is 1.69. The first-order valence-corrected chi connectivity index (χ1v) is 13.1. The lowest BCUT2D eigenvalue weighted by Crippen LogP contribution is -2.53. The van der Waals surface area contributed by atoms with Crippen molar-refractivity contribution in [3.05, 3.63) is 71.3 Å². The van der Waals surface area contributed by atoms with Gasteiger partial charge in [-0.25, -0.2) is 13.8 Å². The topological polar surface area (TPSA) is 127 Å². The van der Waals surface area contributed by atoms with E-state index in [0.29, 0.717) is 24.9 Å². The summed E-state index contributed by atoms with van der Waals surface area (Å²) in [6, 6.07) is 11.3. The Morgan fingerprint density at radius 1 is 1.26 bits per heavy atom. The number of thioether (sulfide) groups is 1. The van der Waals surface area contributed by atoms with Gasteiger partial charge in [-0.1, -0.05) is 55.9 Å². The van der Waals surface area contributed by atoms with Crippen LogP contribution in [0.5, 0.6) is 0 Å². The van der Waals surface area contributed by atoms with Crippen LogP contribution in [0.3, 0.4) is 0 Å². The van der Waals surface area contributed by atoms with Gasteiger partial charge in [-0.15, -0.1) is 4.99 Å². The highest BCUT2D eigenvalue weighted by Gasteiger charge is 2.50. The fraction of sp³-hybridized carbons (Fsp3) is 0.370. The first-order chi connectivity index (χ1) is 18.5. The smallest absolute Gasteiger partial charge is 0.267 e. The third-order valence-electron chi connectivity index (χ3n) is 6.25. The van der Waals surface area contributed by atoms with Crippen molar-refractivity contribution in [2.45, 2.75) is 44.5 Å². The van der Waals surface area contributed by atoms with E-state index in [1.807, 2.05) is 30.3 Å². The predicted octanol–water partition coefficient (Wildman–Crippen LogP) is 3.72. The molecule has 2 atom stereocenters. The molecule has 1 aliphatic rings. The van der Waals surface area contributed by atoms with Crippen LogP contribution in [0.4, 0.5) is 8.78 Å². The van der Waals surface area contributed by atoms with E-state index in [2.05, 4.69) is 15.4 Å². The third-order valence-corrected chi connectivity index (χ3v) is 7.69. The second-order valence-corrected chi connectivity index (χ2v) is 10.7. The summed E-state index contributed by atoms with van der Waals surface area (Å²) in [6.07, 6.45) is 2.44. The van der Waals surface area contributed by atoms with E-state index in [4.69, 9.17) is 11.0 Å². The molecular formula is C27H31F2N7O2S. The number of aliphatic imine (C=N–C) groups is 1. The summed E-state index contributed by atoms with van der Waals surface area (Å²) in [5.41, 5.74) is 6.48. The van der Waals surface area contributed by atoms with Crippen molar-refractivity contribution >= 4 is 34.6 Å². The number of rotatable bonds is 9. The minimum atomic E-state index is -1.15. The zero-order valence-electron chi connectivity index (χ0n) is 22.2. The van der Waals surface area contributed by atoms with Crippen LogP contribution in [-0.2, 0) is 14.5 Å². The molecule has 206 valence electrons. The van der Waals surface area contributed by atoms with Crippen molar-refractivity contribution in [3.63, 3.8) is 0 Å². The fourth-order valence-corrected chi connectivity index (χ4v) is 5.67. The number of hydrazone groups is 1. The van der Waals surface area contributed by atoms with E-state index >= 15 is 0 Å². The van der Waals surface area contributed by atoms with Gasteiger partial charge in [-0.3, -0.25) is 9.59 Å². The summed E-state index contributed by atoms with van der Waals surface area (Å²) in [6.45, 7) is 5.31. The van der Waals surface area contributed by atoms with E-state index in [1.165, 1.54) is 11.9 Å². The third kappa shape index (κ3) is 6.72. The quantitative estimate of drug-likeness (QED) is 0.276. The second-order valence-electron chi connectivity index (χ2n) is 9.45. The molecule has 3 N–H and O–H groups in total. The van der Waals surface area contributed by atoms with E-state index in [-0.39, 0.29) is 28.4 Å². The molecule has 39 heavy (non-hydrogen) atoms. The van der Waals surface area contributed by atoms with E-state index in [1.54, 1.807) is 32.0 Å². The Balaban J connectivity index is 2.13. The molecule has 2 aromatic carbocycles. The largest absolute Gasteiger partial charge is 0.369 e. The lowest BCUT2D eigenvalue weighted by atomic mass is 9.97. The summed E-state index contributed by atoms with van der Waals surface area (Å²) < 4.78 is 29.1. The molecule has 0 aliphatic carbocycles. The molecule has 3 rings (SSSR count). The van der Waals surface area contributed by atoms with Gasteiger partial charge in [0.2, 0.25) is 18.1 Å². The molecule has 1 unspecified atom stereocenters. The van der Waals surface area contributed by atoms with Crippen LogP contribution in [0.2, 0.25) is 0 Å². The van der Waals surface area contributed by atoms with Gasteiger partial charge in [-0.05, 0) is 42.5 Å². The van der Waals surface area contributed by atoms with Gasteiger partial charge in [-0.2, -0.15) is 10.4 Å². The molecule has 9 nitrogen and oxygen atoms in total. The molecule has 0 aromatic heterocycles. The van der Waals surface area contributed by atoms with Gasteiger partial charge in [0.1, 0.15) is 27.6 Å². The van der Waals surface area contributed by atoms with Gasteiger partial charge in [0.05, 0.1) is 0 Å². The number of nitriles is 1. The standard InChI is InChI=1S/C27H31F2N7O2S/c1-17(2)23(33-18(3)37)25(38)36-27(19-9-6-5-7-10-19,13-8-14-35(4)26(31)32-16-30)39-24(34-36)21-15-20(28)11-12-22(21)29/h5-7,9-12,15,17,23H,8,13-14H2,1-4H3,(H2,31,32)(H,33,37)/t23-,27?/m0/s1. The maximum absolute atomic E-state index is 14.9. The molecule has 0 radical (unpaired) electrons. The Kier molecular flexibility index (Phi) is 9.64. The van der Waals surface area contributed by atoms with Gasteiger partial charge >= 0.3 is 0 Å². The fourth-order valence-electron chi connectivity index (χ4n) is 4.25. The number of hydrogen-bond acceptors (Lipinski definition) is 6. The van der Waals surface area contributed by atoms with Crippen LogP contribution in [-0.4, -0.2) is 52.4 Å². The maximum atomic E-state index is 14.9. The maximum Gasteiger partial charge on any atom is 0.267 e. The highest BCUT2D eigenvalue weighted by Crippen LogP contribution is 2.51. The van der Waals surface area contributed by atoms with Gasteiger partial charge in [0.15, 0.2) is 0 Å². The molecule has 1 heterocycles. The molecule has 12 heteroatoms. The second kappa shape index (κ2) is 12.7. The van der Waals surface area contributed by atoms with E-state index < -0.39 is 28.5 Å². The van der Waals surface area contributed by atoms with Crippen molar-refractivity contribution < 1.29 is 18.4 Å². The zero-order valence-corrected chi connectivity index (χ0v) is 23.0. The monoisotopic (exact) mass is 555 g/mol. The molecular weight excluding hydrogens is 524 g/mol. The van der Waals surface area contributed by atoms with Crippen LogP contribution in [0.1, 0.15) is 44.7 Å². The number of carbonyl (C=O) groups excluding carboxylic acids is 2. The predicted molar refractivity (Wildman–Crippen MR) is 147 cm³/mol. The number of benzene rings is 2. The van der Waals surface area contributed by atoms with E-state index in [9.17, 15) is 18.4 Å². The van der Waals surface area contributed by atoms with E-state index in [0.717, 1.165) is 30.0 Å². The van der Waals surface area contributed by atoms with Gasteiger partial charge < -0.3 is 16.0 Å². The molecule has 2 aromatic rings. The average molecular weight is 556 g/mol. The number of nitrogens with two attached hydrogens (primary N) is 1. The number of amides is 2. The summed E-state index contributed by atoms with van der Waals surface area (Å²) in [5.74, 6) is -2.42. The summed E-state index contributed by atoms with van der Waals surface area (Å²) in [4.78, 5) is 30.0. The Bertz CT molecular complexity index is 1310. The number of halogens is 2. The molecule has 0 bridgehead atoms. The minimum Gasteiger partial charge on any atom is -0.369 e. The highest BCUT2D eigenvalue weighted by molar-refractivity contribution is 8.15. The SMILES string of the molecule is CC(=O)N[C@H](C(=O)N1N=C(c2cc(F)ccc2F)SC1(CCCN(C)C(N)=NC#N)c1ccccc1)C(C)C. The molecule has 0 saturated carbocycles. The molecule has 0 saturated heterocycles. The highest BCUT2D eigenvalue weighted by atomic mass is 32.2. The molecule has 0 fully saturated rings. The van der Waals surface area contributed by atoms with Crippen molar-refractivity contribution in [3.8, 4) is 6.19 Å². The van der Waals surface area contributed by atoms with Crippen LogP contribution in [0, 0.1) is 29.0 Å². The number of hydrogen-bond donors (Lipinski definition) is 2. The van der Waals surface area contributed by atoms with Crippen LogP contribution in [0.15, 0.2) is 58.6 Å². The number of nitrogens with zero attached hydrogens (tertiary/aromatic N) is 5. The summed E-state index contributed by atoms with van der Waals surface area (Å²) >= 11 is 1.15. The molecule has 0 spiro atoms. The van der Waals surface area contributed by atoms with Crippen molar-refractivity contribution in [1.82, 2.24) is 15.2 Å². The lowest BCUT2D eigenvalue weighted by molar-refractivity contribution is -0.140. The normalized spacial score (nSPS) is 17.9. The first-order valence-electron chi connectivity index (χ1n) is 12.3. The summed E-state index contributed by atoms with van der Waals surface area (Å²) in [5, 5.41) is 17.5. The van der Waals surface area contributed by atoms with Crippen molar-refractivity contribution in [1.29, 1.82) is 5.26 Å². The van der Waals surface area contributed by atoms with Gasteiger partial charge in [0, 0.05) is 26.1 Å². The van der Waals surface area contributed by atoms with Crippen molar-refractivity contribution in [2.75, 3.05) is 13.6 Å². The molecule has 1 aliphatic heterocycles. The number of nitrogens with one attached hydrogen (secondary N) is 1. The number of carbonyl (C=O) groups is 2. The van der Waals surface area contributed by atoms with Gasteiger partial charge in [0.25, 0.3) is 5.91 Å². The Hall–Kier alpha value is -3.98. The first kappa shape index (κ1) is 29.6. The zero-order chi connectivity index (χ0) is 28.7. The average Bonchev–Trinajstić information content (AvgIpc) is 3.29. The Labute approximate surface area is 230 Å². The van der Waals surface area contributed by atoms with Crippen LogP contribution in [0.25, 0.3) is 0 Å². The minimum absolute atomic E-state index is 0.0440. The number of guanidine groups is 1.